The third kappa shape index (κ3) is 5.99. The van der Waals surface area contributed by atoms with Gasteiger partial charge in [-0.15, -0.1) is 0 Å². The van der Waals surface area contributed by atoms with Gasteiger partial charge in [-0.2, -0.15) is 0 Å². The van der Waals surface area contributed by atoms with Gasteiger partial charge in [0.15, 0.2) is 0 Å². The fraction of sp³-hybridized carbons (Fsp3) is 0.414. The van der Waals surface area contributed by atoms with Gasteiger partial charge in [-0.1, -0.05) is 63.2 Å². The molecule has 1 aliphatic rings. The molecule has 184 valence electrons. The molecule has 1 aliphatic heterocycles. The predicted molar refractivity (Wildman–Crippen MR) is 145 cm³/mol. The summed E-state index contributed by atoms with van der Waals surface area (Å²) in [5.41, 5.74) is 4.72. The maximum atomic E-state index is 12.2. The third-order valence-corrected chi connectivity index (χ3v) is 6.64. The molecule has 6 heteroatoms. The van der Waals surface area contributed by atoms with E-state index in [1.165, 1.54) is 0 Å². The molecule has 1 N–H and O–H groups in total. The Bertz CT molecular complexity index is 1130. The average Bonchev–Trinajstić information content (AvgIpc) is 2.87. The largest absolute Gasteiger partial charge is 0.378 e. The Morgan fingerprint density at radius 3 is 2.20 bits per heavy atom. The van der Waals surface area contributed by atoms with Crippen LogP contribution in [0.3, 0.4) is 0 Å². The summed E-state index contributed by atoms with van der Waals surface area (Å²) in [5.74, 6) is 1.52. The van der Waals surface area contributed by atoms with Crippen LogP contribution >= 0.6 is 0 Å². The fourth-order valence-electron chi connectivity index (χ4n) is 4.33. The molecule has 0 aliphatic carbocycles. The van der Waals surface area contributed by atoms with Crippen molar-refractivity contribution in [3.8, 4) is 22.5 Å². The number of piperidine rings is 1. The Morgan fingerprint density at radius 1 is 0.971 bits per heavy atom. The summed E-state index contributed by atoms with van der Waals surface area (Å²) >= 11 is 0. The molecule has 0 unspecified atom stereocenters. The molecular weight excluding hydrogens is 434 g/mol. The Balaban J connectivity index is 1.52. The van der Waals surface area contributed by atoms with E-state index in [-0.39, 0.29) is 11.3 Å². The van der Waals surface area contributed by atoms with Crippen molar-refractivity contribution in [2.45, 2.75) is 33.6 Å². The number of rotatable bonds is 6. The van der Waals surface area contributed by atoms with Gasteiger partial charge in [-0.25, -0.2) is 4.98 Å². The summed E-state index contributed by atoms with van der Waals surface area (Å²) in [5, 5.41) is 3.13. The minimum atomic E-state index is -0.349. The van der Waals surface area contributed by atoms with E-state index in [0.29, 0.717) is 5.92 Å². The van der Waals surface area contributed by atoms with Crippen LogP contribution in [-0.2, 0) is 4.79 Å². The van der Waals surface area contributed by atoms with Crippen molar-refractivity contribution in [2.24, 2.45) is 11.3 Å². The highest BCUT2D eigenvalue weighted by atomic mass is 16.2. The Morgan fingerprint density at radius 2 is 1.60 bits per heavy atom. The molecule has 0 saturated carbocycles. The van der Waals surface area contributed by atoms with Gasteiger partial charge >= 0.3 is 0 Å². The van der Waals surface area contributed by atoms with E-state index in [1.54, 1.807) is 0 Å². The van der Waals surface area contributed by atoms with Crippen LogP contribution < -0.4 is 15.1 Å². The molecule has 0 atom stereocenters. The molecule has 1 amide bonds. The van der Waals surface area contributed by atoms with Crippen LogP contribution in [0.2, 0.25) is 0 Å². The van der Waals surface area contributed by atoms with Crippen LogP contribution in [0.25, 0.3) is 22.5 Å². The molecule has 4 rings (SSSR count). The first-order valence-electron chi connectivity index (χ1n) is 12.5. The molecule has 2 heterocycles. The average molecular weight is 472 g/mol. The summed E-state index contributed by atoms with van der Waals surface area (Å²) in [6.45, 7) is 8.43. The molecular formula is C29H37N5O. The van der Waals surface area contributed by atoms with Crippen molar-refractivity contribution in [1.29, 1.82) is 0 Å². The Labute approximate surface area is 209 Å². The number of nitrogens with zero attached hydrogens (tertiary/aromatic N) is 4. The molecule has 2 aromatic carbocycles. The number of benzene rings is 2. The van der Waals surface area contributed by atoms with Crippen molar-refractivity contribution in [3.63, 3.8) is 0 Å². The zero-order valence-electron chi connectivity index (χ0n) is 21.6. The van der Waals surface area contributed by atoms with Gasteiger partial charge in [0, 0.05) is 56.0 Å². The number of hydrogen-bond donors (Lipinski definition) is 1. The minimum Gasteiger partial charge on any atom is -0.378 e. The number of carbonyl (C=O) groups is 1. The smallest absolute Gasteiger partial charge is 0.225 e. The van der Waals surface area contributed by atoms with Crippen molar-refractivity contribution in [2.75, 3.05) is 43.5 Å². The van der Waals surface area contributed by atoms with E-state index in [4.69, 9.17) is 9.97 Å². The van der Waals surface area contributed by atoms with Crippen LogP contribution in [0.4, 0.5) is 11.5 Å². The van der Waals surface area contributed by atoms with Gasteiger partial charge in [-0.3, -0.25) is 9.78 Å². The molecule has 0 bridgehead atoms. The lowest BCUT2D eigenvalue weighted by atomic mass is 9.93. The summed E-state index contributed by atoms with van der Waals surface area (Å²) in [6, 6.07) is 18.7. The summed E-state index contributed by atoms with van der Waals surface area (Å²) in [4.78, 5) is 26.7. The second-order valence-corrected chi connectivity index (χ2v) is 10.6. The first-order valence-corrected chi connectivity index (χ1v) is 12.5. The first kappa shape index (κ1) is 24.7. The van der Waals surface area contributed by atoms with Crippen molar-refractivity contribution in [1.82, 2.24) is 15.3 Å². The topological polar surface area (TPSA) is 61.4 Å². The zero-order valence-corrected chi connectivity index (χ0v) is 21.6. The standard InChI is InChI=1S/C29H37N5O/c1-29(2,3)28(35)31-19-21-15-17-34(18-16-21)25-20-30-26(23-11-13-24(14-12-23)33(4)5)27(32-25)22-9-7-6-8-10-22/h6-14,20-21H,15-19H2,1-5H3,(H,31,35). The van der Waals surface area contributed by atoms with Crippen LogP contribution in [0.1, 0.15) is 33.6 Å². The zero-order chi connectivity index (χ0) is 25.0. The van der Waals surface area contributed by atoms with Crippen molar-refractivity contribution < 1.29 is 4.79 Å². The van der Waals surface area contributed by atoms with Crippen molar-refractivity contribution in [3.05, 3.63) is 60.8 Å². The molecule has 35 heavy (non-hydrogen) atoms. The third-order valence-electron chi connectivity index (χ3n) is 6.64. The van der Waals surface area contributed by atoms with Gasteiger partial charge in [0.2, 0.25) is 5.91 Å². The van der Waals surface area contributed by atoms with E-state index in [1.807, 2.05) is 59.3 Å². The number of anilines is 2. The normalized spacial score (nSPS) is 14.6. The molecule has 1 saturated heterocycles. The van der Waals surface area contributed by atoms with Crippen molar-refractivity contribution >= 4 is 17.4 Å². The van der Waals surface area contributed by atoms with Crippen LogP contribution in [-0.4, -0.2) is 49.6 Å². The molecule has 6 nitrogen and oxygen atoms in total. The van der Waals surface area contributed by atoms with Crippen LogP contribution in [0, 0.1) is 11.3 Å². The second kappa shape index (κ2) is 10.5. The minimum absolute atomic E-state index is 0.118. The highest BCUT2D eigenvalue weighted by Crippen LogP contribution is 2.32. The number of amides is 1. The number of aromatic nitrogens is 2. The van der Waals surface area contributed by atoms with E-state index in [2.05, 4.69) is 51.5 Å². The fourth-order valence-corrected chi connectivity index (χ4v) is 4.33. The van der Waals surface area contributed by atoms with Gasteiger partial charge in [0.05, 0.1) is 17.6 Å². The van der Waals surface area contributed by atoms with Gasteiger partial charge in [0.25, 0.3) is 0 Å². The predicted octanol–water partition coefficient (Wildman–Crippen LogP) is 5.26. The molecule has 0 radical (unpaired) electrons. The number of carbonyl (C=O) groups excluding carboxylic acids is 1. The molecule has 1 aromatic heterocycles. The van der Waals surface area contributed by atoms with Crippen LogP contribution in [0.15, 0.2) is 60.8 Å². The van der Waals surface area contributed by atoms with Gasteiger partial charge in [0.1, 0.15) is 5.82 Å². The Kier molecular flexibility index (Phi) is 7.39. The highest BCUT2D eigenvalue weighted by Gasteiger charge is 2.25. The quantitative estimate of drug-likeness (QED) is 0.532. The van der Waals surface area contributed by atoms with Crippen LogP contribution in [0.5, 0.6) is 0 Å². The van der Waals surface area contributed by atoms with E-state index in [9.17, 15) is 4.79 Å². The lowest BCUT2D eigenvalue weighted by Crippen LogP contribution is -2.42. The lowest BCUT2D eigenvalue weighted by molar-refractivity contribution is -0.128. The summed E-state index contributed by atoms with van der Waals surface area (Å²) in [7, 11) is 4.08. The maximum Gasteiger partial charge on any atom is 0.225 e. The monoisotopic (exact) mass is 471 g/mol. The van der Waals surface area contributed by atoms with Gasteiger partial charge in [-0.05, 0) is 30.9 Å². The number of nitrogens with one attached hydrogen (secondary N) is 1. The van der Waals surface area contributed by atoms with E-state index in [0.717, 1.165) is 66.5 Å². The Hall–Kier alpha value is -3.41. The second-order valence-electron chi connectivity index (χ2n) is 10.6. The SMILES string of the molecule is CN(C)c1ccc(-c2ncc(N3CCC(CNC(=O)C(C)(C)C)CC3)nc2-c2ccccc2)cc1. The molecule has 1 fully saturated rings. The first-order chi connectivity index (χ1) is 16.7. The summed E-state index contributed by atoms with van der Waals surface area (Å²) < 4.78 is 0. The molecule has 0 spiro atoms. The molecule has 3 aromatic rings. The van der Waals surface area contributed by atoms with E-state index < -0.39 is 0 Å². The lowest BCUT2D eigenvalue weighted by Gasteiger charge is -2.33. The maximum absolute atomic E-state index is 12.2. The summed E-state index contributed by atoms with van der Waals surface area (Å²) in [6.07, 6.45) is 3.96. The number of hydrogen-bond acceptors (Lipinski definition) is 5. The highest BCUT2D eigenvalue weighted by molar-refractivity contribution is 5.81. The van der Waals surface area contributed by atoms with E-state index >= 15 is 0 Å². The van der Waals surface area contributed by atoms with Gasteiger partial charge < -0.3 is 15.1 Å².